The zero-order valence-corrected chi connectivity index (χ0v) is 10.3. The average molecular weight is 269 g/mol. The first-order chi connectivity index (χ1) is 8.19. The lowest BCUT2D eigenvalue weighted by Crippen LogP contribution is -2.13. The molecule has 0 aliphatic heterocycles. The number of thiazole rings is 1. The predicted octanol–water partition coefficient (Wildman–Crippen LogP) is 1.90. The highest BCUT2D eigenvalue weighted by Gasteiger charge is 2.10. The van der Waals surface area contributed by atoms with E-state index >= 15 is 0 Å². The third kappa shape index (κ3) is 3.00. The standard InChI is InChI=1S/C10H9ClN4OS/c11-6-1-2-13-8(3-6)15-10(16)7-5-17-9(4-12)14-7/h1-3,5H,4,12H2,(H,13,15,16). The van der Waals surface area contributed by atoms with Gasteiger partial charge in [0, 0.05) is 23.1 Å². The van der Waals surface area contributed by atoms with Crippen molar-refractivity contribution in [2.24, 2.45) is 5.73 Å². The maximum Gasteiger partial charge on any atom is 0.276 e. The fraction of sp³-hybridized carbons (Fsp3) is 0.100. The number of carbonyl (C=O) groups is 1. The molecule has 0 aromatic carbocycles. The van der Waals surface area contributed by atoms with Crippen LogP contribution in [0.3, 0.4) is 0 Å². The Hall–Kier alpha value is -1.50. The SMILES string of the molecule is NCc1nc(C(=O)Nc2cc(Cl)ccn2)cs1. The van der Waals surface area contributed by atoms with Gasteiger partial charge in [0.2, 0.25) is 0 Å². The molecule has 2 aromatic rings. The van der Waals surface area contributed by atoms with Gasteiger partial charge in [-0.25, -0.2) is 9.97 Å². The number of pyridine rings is 1. The van der Waals surface area contributed by atoms with Crippen LogP contribution in [0.25, 0.3) is 0 Å². The first-order valence-electron chi connectivity index (χ1n) is 4.76. The molecule has 0 unspecified atom stereocenters. The van der Waals surface area contributed by atoms with Gasteiger partial charge in [-0.15, -0.1) is 11.3 Å². The predicted molar refractivity (Wildman–Crippen MR) is 67.2 cm³/mol. The number of amides is 1. The maximum absolute atomic E-state index is 11.8. The van der Waals surface area contributed by atoms with E-state index in [1.807, 2.05) is 0 Å². The van der Waals surface area contributed by atoms with Crippen LogP contribution in [0.4, 0.5) is 5.82 Å². The second-order valence-corrected chi connectivity index (χ2v) is 4.52. The molecular formula is C10H9ClN4OS. The van der Waals surface area contributed by atoms with Crippen LogP contribution in [0.15, 0.2) is 23.7 Å². The van der Waals surface area contributed by atoms with Gasteiger partial charge in [-0.2, -0.15) is 0 Å². The van der Waals surface area contributed by atoms with Crippen molar-refractivity contribution in [3.8, 4) is 0 Å². The normalized spacial score (nSPS) is 10.2. The monoisotopic (exact) mass is 268 g/mol. The summed E-state index contributed by atoms with van der Waals surface area (Å²) in [5, 5.41) is 5.49. The molecule has 0 atom stereocenters. The lowest BCUT2D eigenvalue weighted by molar-refractivity contribution is 0.102. The fourth-order valence-corrected chi connectivity index (χ4v) is 1.98. The molecule has 0 aliphatic rings. The molecule has 2 heterocycles. The van der Waals surface area contributed by atoms with Gasteiger partial charge in [0.15, 0.2) is 0 Å². The highest BCUT2D eigenvalue weighted by molar-refractivity contribution is 7.09. The summed E-state index contributed by atoms with van der Waals surface area (Å²) in [6, 6.07) is 3.20. The molecule has 0 spiro atoms. The number of nitrogens with zero attached hydrogens (tertiary/aromatic N) is 2. The summed E-state index contributed by atoms with van der Waals surface area (Å²) in [5.74, 6) is 0.0699. The summed E-state index contributed by atoms with van der Waals surface area (Å²) < 4.78 is 0. The summed E-state index contributed by atoms with van der Waals surface area (Å²) >= 11 is 7.13. The molecule has 5 nitrogen and oxygen atoms in total. The van der Waals surface area contributed by atoms with E-state index in [0.717, 1.165) is 0 Å². The molecule has 1 amide bonds. The Morgan fingerprint density at radius 1 is 1.59 bits per heavy atom. The number of halogens is 1. The van der Waals surface area contributed by atoms with Gasteiger partial charge in [0.05, 0.1) is 0 Å². The summed E-state index contributed by atoms with van der Waals surface area (Å²) in [6.45, 7) is 0.327. The van der Waals surface area contributed by atoms with Gasteiger partial charge in [0.25, 0.3) is 5.91 Å². The number of anilines is 1. The molecule has 0 fully saturated rings. The van der Waals surface area contributed by atoms with E-state index in [9.17, 15) is 4.79 Å². The molecule has 2 aromatic heterocycles. The minimum atomic E-state index is -0.323. The number of hydrogen-bond donors (Lipinski definition) is 2. The number of aromatic nitrogens is 2. The number of hydrogen-bond acceptors (Lipinski definition) is 5. The van der Waals surface area contributed by atoms with Crippen LogP contribution in [0, 0.1) is 0 Å². The van der Waals surface area contributed by atoms with Gasteiger partial charge >= 0.3 is 0 Å². The number of carbonyl (C=O) groups excluding carboxylic acids is 1. The van der Waals surface area contributed by atoms with Crippen LogP contribution < -0.4 is 11.1 Å². The van der Waals surface area contributed by atoms with E-state index in [4.69, 9.17) is 17.3 Å². The Balaban J connectivity index is 2.11. The van der Waals surface area contributed by atoms with Crippen molar-refractivity contribution >= 4 is 34.7 Å². The van der Waals surface area contributed by atoms with Gasteiger partial charge in [-0.05, 0) is 12.1 Å². The van der Waals surface area contributed by atoms with E-state index in [1.165, 1.54) is 17.5 Å². The van der Waals surface area contributed by atoms with Crippen LogP contribution in [0.5, 0.6) is 0 Å². The van der Waals surface area contributed by atoms with E-state index < -0.39 is 0 Å². The zero-order valence-electron chi connectivity index (χ0n) is 8.68. The van der Waals surface area contributed by atoms with Crippen LogP contribution >= 0.6 is 22.9 Å². The quantitative estimate of drug-likeness (QED) is 0.891. The fourth-order valence-electron chi connectivity index (χ4n) is 1.16. The smallest absolute Gasteiger partial charge is 0.276 e. The minimum absolute atomic E-state index is 0.323. The Kier molecular flexibility index (Phi) is 3.68. The summed E-state index contributed by atoms with van der Waals surface area (Å²) in [4.78, 5) is 19.8. The van der Waals surface area contributed by atoms with Crippen molar-refractivity contribution in [3.63, 3.8) is 0 Å². The van der Waals surface area contributed by atoms with Crippen molar-refractivity contribution in [3.05, 3.63) is 39.4 Å². The number of rotatable bonds is 3. The first kappa shape index (κ1) is 12.0. The molecule has 2 rings (SSSR count). The van der Waals surface area contributed by atoms with Crippen LogP contribution in [-0.4, -0.2) is 15.9 Å². The van der Waals surface area contributed by atoms with Crippen LogP contribution in [0.2, 0.25) is 5.02 Å². The molecule has 0 bridgehead atoms. The maximum atomic E-state index is 11.8. The Morgan fingerprint density at radius 2 is 2.41 bits per heavy atom. The van der Waals surface area contributed by atoms with Crippen molar-refractivity contribution in [1.82, 2.24) is 9.97 Å². The largest absolute Gasteiger partial charge is 0.325 e. The lowest BCUT2D eigenvalue weighted by atomic mass is 10.4. The van der Waals surface area contributed by atoms with Gasteiger partial charge in [-0.1, -0.05) is 11.6 Å². The molecule has 0 radical (unpaired) electrons. The Labute approximate surface area is 107 Å². The topological polar surface area (TPSA) is 80.9 Å². The van der Waals surface area contributed by atoms with Crippen molar-refractivity contribution in [2.75, 3.05) is 5.32 Å². The molecule has 3 N–H and O–H groups in total. The third-order valence-electron chi connectivity index (χ3n) is 1.92. The Morgan fingerprint density at radius 3 is 3.06 bits per heavy atom. The minimum Gasteiger partial charge on any atom is -0.325 e. The van der Waals surface area contributed by atoms with Crippen LogP contribution in [-0.2, 0) is 6.54 Å². The van der Waals surface area contributed by atoms with E-state index in [1.54, 1.807) is 17.5 Å². The average Bonchev–Trinajstić information content (AvgIpc) is 2.77. The second-order valence-electron chi connectivity index (χ2n) is 3.14. The molecule has 7 heteroatoms. The van der Waals surface area contributed by atoms with Crippen molar-refractivity contribution in [2.45, 2.75) is 6.54 Å². The van der Waals surface area contributed by atoms with Crippen molar-refractivity contribution < 1.29 is 4.79 Å². The highest BCUT2D eigenvalue weighted by Crippen LogP contribution is 2.14. The van der Waals surface area contributed by atoms with Gasteiger partial charge < -0.3 is 11.1 Å². The van der Waals surface area contributed by atoms with E-state index in [0.29, 0.717) is 28.1 Å². The van der Waals surface area contributed by atoms with E-state index in [2.05, 4.69) is 15.3 Å². The lowest BCUT2D eigenvalue weighted by Gasteiger charge is -2.01. The van der Waals surface area contributed by atoms with Crippen molar-refractivity contribution in [1.29, 1.82) is 0 Å². The van der Waals surface area contributed by atoms with Crippen LogP contribution in [0.1, 0.15) is 15.5 Å². The Bertz CT molecular complexity index is 543. The number of nitrogens with two attached hydrogens (primary N) is 1. The molecule has 88 valence electrons. The third-order valence-corrected chi connectivity index (χ3v) is 3.03. The molecular weight excluding hydrogens is 260 g/mol. The summed E-state index contributed by atoms with van der Waals surface area (Å²) in [5.41, 5.74) is 5.75. The molecule has 0 aliphatic carbocycles. The molecule has 17 heavy (non-hydrogen) atoms. The summed E-state index contributed by atoms with van der Waals surface area (Å²) in [7, 11) is 0. The highest BCUT2D eigenvalue weighted by atomic mass is 35.5. The number of nitrogens with one attached hydrogen (secondary N) is 1. The molecule has 0 saturated heterocycles. The van der Waals surface area contributed by atoms with E-state index in [-0.39, 0.29) is 5.91 Å². The molecule has 0 saturated carbocycles. The first-order valence-corrected chi connectivity index (χ1v) is 6.02. The van der Waals surface area contributed by atoms with Gasteiger partial charge in [-0.3, -0.25) is 4.79 Å². The summed E-state index contributed by atoms with van der Waals surface area (Å²) in [6.07, 6.45) is 1.52. The van der Waals surface area contributed by atoms with Gasteiger partial charge in [0.1, 0.15) is 16.5 Å². The zero-order chi connectivity index (χ0) is 12.3. The second kappa shape index (κ2) is 5.22.